The second-order valence-electron chi connectivity index (χ2n) is 10.7. The van der Waals surface area contributed by atoms with Crippen LogP contribution in [0.4, 0.5) is 0 Å². The molecule has 3 aliphatic carbocycles. The highest BCUT2D eigenvalue weighted by Crippen LogP contribution is 2.53. The van der Waals surface area contributed by atoms with Crippen LogP contribution in [-0.2, 0) is 26.3 Å². The van der Waals surface area contributed by atoms with Gasteiger partial charge in [0.15, 0.2) is 0 Å². The monoisotopic (exact) mass is 471 g/mol. The van der Waals surface area contributed by atoms with Crippen molar-refractivity contribution in [2.24, 2.45) is 17.8 Å². The number of piperidine rings is 1. The van der Waals surface area contributed by atoms with Gasteiger partial charge >= 0.3 is 0 Å². The average molecular weight is 472 g/mol. The lowest BCUT2D eigenvalue weighted by molar-refractivity contribution is -0.139. The van der Waals surface area contributed by atoms with Crippen LogP contribution >= 0.6 is 0 Å². The van der Waals surface area contributed by atoms with Gasteiger partial charge in [0.05, 0.1) is 24.4 Å². The number of rotatable bonds is 5. The van der Waals surface area contributed by atoms with Gasteiger partial charge in [-0.15, -0.1) is 0 Å². The van der Waals surface area contributed by atoms with Crippen molar-refractivity contribution < 1.29 is 14.3 Å². The Balaban J connectivity index is 1.26. The summed E-state index contributed by atoms with van der Waals surface area (Å²) in [6.45, 7) is 3.40. The number of hydrogen-bond acceptors (Lipinski definition) is 4. The molecule has 1 saturated carbocycles. The van der Waals surface area contributed by atoms with Gasteiger partial charge in [0.2, 0.25) is 11.8 Å². The van der Waals surface area contributed by atoms with E-state index in [0.717, 1.165) is 50.0 Å². The second-order valence-corrected chi connectivity index (χ2v) is 10.7. The molecule has 4 aliphatic rings. The van der Waals surface area contributed by atoms with Crippen LogP contribution in [0.3, 0.4) is 0 Å². The fourth-order valence-corrected chi connectivity index (χ4v) is 7.12. The molecule has 2 aromatic rings. The molecule has 0 radical (unpaired) electrons. The molecule has 0 unspecified atom stereocenters. The quantitative estimate of drug-likeness (QED) is 0.671. The molecule has 1 saturated heterocycles. The van der Waals surface area contributed by atoms with Crippen molar-refractivity contribution in [2.45, 2.75) is 56.8 Å². The number of carbonyl (C=O) groups excluding carboxylic acids is 2. The molecule has 5 atom stereocenters. The molecule has 2 fully saturated rings. The maximum absolute atomic E-state index is 13.4. The number of nitrogens with one attached hydrogen (secondary N) is 1. The zero-order valence-electron chi connectivity index (χ0n) is 20.2. The van der Waals surface area contributed by atoms with Gasteiger partial charge in [-0.05, 0) is 60.8 Å². The Morgan fingerprint density at radius 1 is 1.09 bits per heavy atom. The van der Waals surface area contributed by atoms with Crippen molar-refractivity contribution in [3.8, 4) is 0 Å². The molecule has 1 spiro atoms. The summed E-state index contributed by atoms with van der Waals surface area (Å²) in [6, 6.07) is 14.0. The van der Waals surface area contributed by atoms with Gasteiger partial charge in [-0.2, -0.15) is 0 Å². The number of allylic oxidation sites excluding steroid dienone is 2. The molecule has 6 heteroatoms. The Labute approximate surface area is 206 Å². The summed E-state index contributed by atoms with van der Waals surface area (Å²) in [6.07, 6.45) is 9.92. The lowest BCUT2D eigenvalue weighted by Gasteiger charge is -2.45. The molecule has 182 valence electrons. The molecule has 6 nitrogen and oxygen atoms in total. The topological polar surface area (TPSA) is 71.5 Å². The van der Waals surface area contributed by atoms with Gasteiger partial charge in [-0.1, -0.05) is 42.5 Å². The van der Waals surface area contributed by atoms with Crippen molar-refractivity contribution in [1.29, 1.82) is 0 Å². The van der Waals surface area contributed by atoms with E-state index in [4.69, 9.17) is 4.74 Å². The van der Waals surface area contributed by atoms with Crippen LogP contribution in [0.25, 0.3) is 0 Å². The summed E-state index contributed by atoms with van der Waals surface area (Å²) in [5.41, 5.74) is 3.01. The van der Waals surface area contributed by atoms with Crippen LogP contribution in [0.2, 0.25) is 0 Å². The normalized spacial score (nSPS) is 30.0. The molecule has 35 heavy (non-hydrogen) atoms. The van der Waals surface area contributed by atoms with Crippen LogP contribution in [0.1, 0.15) is 55.5 Å². The molecule has 2 bridgehead atoms. The van der Waals surface area contributed by atoms with Crippen molar-refractivity contribution in [3.63, 3.8) is 0 Å². The van der Waals surface area contributed by atoms with Gasteiger partial charge < -0.3 is 15.0 Å². The first-order chi connectivity index (χ1) is 17.0. The Morgan fingerprint density at radius 2 is 1.89 bits per heavy atom. The third-order valence-electron chi connectivity index (χ3n) is 8.74. The molecular weight excluding hydrogens is 438 g/mol. The fraction of sp³-hybridized carbons (Fsp3) is 0.483. The first-order valence-corrected chi connectivity index (χ1v) is 12.9. The van der Waals surface area contributed by atoms with Gasteiger partial charge in [-0.25, -0.2) is 0 Å². The van der Waals surface area contributed by atoms with E-state index in [2.05, 4.69) is 45.6 Å². The van der Waals surface area contributed by atoms with E-state index in [-0.39, 0.29) is 29.4 Å². The van der Waals surface area contributed by atoms with E-state index in [1.807, 2.05) is 24.3 Å². The largest absolute Gasteiger partial charge is 0.368 e. The van der Waals surface area contributed by atoms with E-state index in [1.54, 1.807) is 13.1 Å². The van der Waals surface area contributed by atoms with E-state index >= 15 is 0 Å². The number of fused-ring (bicyclic) bond motifs is 4. The van der Waals surface area contributed by atoms with Crippen LogP contribution in [0.5, 0.6) is 0 Å². The maximum atomic E-state index is 13.4. The standard InChI is InChI=1S/C29H33N3O3/c1-19(33)31-26-23-7-2-3-8-25(23)29(27(26)35-18-22-6-4-5-13-30-22)11-14-32(15-12-29)28(34)24-17-20-9-10-21(24)16-20/h2-10,13,20-21,24,26-27H,11-12,14-18H2,1H3,(H,31,33)/t20-,21+,24+,26-,27+/m0/s1. The fourth-order valence-electron chi connectivity index (χ4n) is 7.12. The van der Waals surface area contributed by atoms with Crippen LogP contribution in [0.15, 0.2) is 60.8 Å². The number of pyridine rings is 1. The summed E-state index contributed by atoms with van der Waals surface area (Å²) in [5, 5.41) is 3.18. The lowest BCUT2D eigenvalue weighted by Crippen LogP contribution is -2.53. The third kappa shape index (κ3) is 3.88. The maximum Gasteiger partial charge on any atom is 0.226 e. The van der Waals surface area contributed by atoms with Crippen LogP contribution in [-0.4, -0.2) is 40.9 Å². The van der Waals surface area contributed by atoms with Crippen LogP contribution in [0, 0.1) is 17.8 Å². The minimum Gasteiger partial charge on any atom is -0.368 e. The third-order valence-corrected chi connectivity index (χ3v) is 8.74. The summed E-state index contributed by atoms with van der Waals surface area (Å²) < 4.78 is 6.62. The minimum absolute atomic E-state index is 0.0646. The van der Waals surface area contributed by atoms with Gasteiger partial charge in [0.25, 0.3) is 0 Å². The first-order valence-electron chi connectivity index (χ1n) is 12.9. The van der Waals surface area contributed by atoms with Gasteiger partial charge in [0, 0.05) is 37.5 Å². The van der Waals surface area contributed by atoms with Crippen molar-refractivity contribution in [3.05, 3.63) is 77.6 Å². The minimum atomic E-state index is -0.246. The smallest absolute Gasteiger partial charge is 0.226 e. The van der Waals surface area contributed by atoms with E-state index in [9.17, 15) is 9.59 Å². The number of amides is 2. The molecule has 1 N–H and O–H groups in total. The van der Waals surface area contributed by atoms with Gasteiger partial charge in [0.1, 0.15) is 0 Å². The number of nitrogens with zero attached hydrogens (tertiary/aromatic N) is 2. The number of carbonyl (C=O) groups is 2. The van der Waals surface area contributed by atoms with Crippen molar-refractivity contribution in [2.75, 3.05) is 13.1 Å². The Kier molecular flexibility index (Phi) is 5.72. The highest BCUT2D eigenvalue weighted by atomic mass is 16.5. The van der Waals surface area contributed by atoms with Gasteiger partial charge in [-0.3, -0.25) is 14.6 Å². The summed E-state index contributed by atoms with van der Waals surface area (Å²) >= 11 is 0. The number of ether oxygens (including phenoxy) is 1. The zero-order valence-corrected chi connectivity index (χ0v) is 20.2. The molecular formula is C29H33N3O3. The number of benzene rings is 1. The predicted octanol–water partition coefficient (Wildman–Crippen LogP) is 3.93. The molecule has 1 aromatic heterocycles. The van der Waals surface area contributed by atoms with E-state index < -0.39 is 0 Å². The number of hydrogen-bond donors (Lipinski definition) is 1. The summed E-state index contributed by atoms with van der Waals surface area (Å²) in [4.78, 5) is 32.2. The lowest BCUT2D eigenvalue weighted by atomic mass is 9.71. The summed E-state index contributed by atoms with van der Waals surface area (Å²) in [7, 11) is 0. The zero-order chi connectivity index (χ0) is 24.0. The predicted molar refractivity (Wildman–Crippen MR) is 132 cm³/mol. The SMILES string of the molecule is CC(=O)N[C@H]1c2ccccc2C2(CCN(C(=O)[C@@H]3C[C@H]4C=C[C@@H]3C4)CC2)[C@@H]1OCc1ccccn1. The number of likely N-dealkylation sites (tertiary alicyclic amines) is 1. The summed E-state index contributed by atoms with van der Waals surface area (Å²) in [5.74, 6) is 1.43. The van der Waals surface area contributed by atoms with E-state index in [0.29, 0.717) is 24.3 Å². The highest BCUT2D eigenvalue weighted by Gasteiger charge is 2.55. The van der Waals surface area contributed by atoms with Crippen molar-refractivity contribution in [1.82, 2.24) is 15.2 Å². The average Bonchev–Trinajstić information content (AvgIpc) is 3.58. The molecule has 1 aromatic carbocycles. The number of aromatic nitrogens is 1. The Hall–Kier alpha value is -2.99. The van der Waals surface area contributed by atoms with Crippen LogP contribution < -0.4 is 5.32 Å². The highest BCUT2D eigenvalue weighted by molar-refractivity contribution is 5.80. The first kappa shape index (κ1) is 22.5. The van der Waals surface area contributed by atoms with E-state index in [1.165, 1.54) is 5.56 Å². The Morgan fingerprint density at radius 3 is 2.57 bits per heavy atom. The molecule has 2 amide bonds. The Bertz CT molecular complexity index is 1140. The second kappa shape index (κ2) is 8.90. The van der Waals surface area contributed by atoms with Crippen molar-refractivity contribution >= 4 is 11.8 Å². The molecule has 1 aliphatic heterocycles. The molecule has 6 rings (SSSR count). The molecule has 2 heterocycles.